The van der Waals surface area contributed by atoms with Crippen molar-refractivity contribution >= 4 is 46.3 Å². The predicted molar refractivity (Wildman–Crippen MR) is 426 cm³/mol. The molecular formula is C99H72F6N2O2. The third kappa shape index (κ3) is 11.0. The summed E-state index contributed by atoms with van der Waals surface area (Å²) >= 11 is 0. The van der Waals surface area contributed by atoms with Gasteiger partial charge in [-0.25, -0.2) is 26.3 Å². The zero-order valence-corrected chi connectivity index (χ0v) is 60.3. The molecule has 0 N–H and O–H groups in total. The molecule has 0 aliphatic heterocycles. The highest BCUT2D eigenvalue weighted by atomic mass is 19.1. The lowest BCUT2D eigenvalue weighted by Crippen LogP contribution is -2.30. The number of fused-ring (bicyclic) bond motifs is 10. The van der Waals surface area contributed by atoms with Crippen LogP contribution < -0.4 is 19.3 Å². The molecule has 0 aromatic heterocycles. The Morgan fingerprint density at radius 3 is 0.963 bits per heavy atom. The molecule has 0 bridgehead atoms. The van der Waals surface area contributed by atoms with Crippen molar-refractivity contribution in [3.8, 4) is 45.3 Å². The zero-order chi connectivity index (χ0) is 74.9. The van der Waals surface area contributed by atoms with Crippen molar-refractivity contribution in [1.82, 2.24) is 0 Å². The summed E-state index contributed by atoms with van der Waals surface area (Å²) in [6, 6.07) is 92.1. The highest BCUT2D eigenvalue weighted by Crippen LogP contribution is 2.66. The minimum absolute atomic E-state index is 0.133. The Balaban J connectivity index is 0.794. The van der Waals surface area contributed by atoms with Gasteiger partial charge >= 0.3 is 0 Å². The van der Waals surface area contributed by atoms with E-state index in [0.29, 0.717) is 68.0 Å². The highest BCUT2D eigenvalue weighted by Gasteiger charge is 2.57. The maximum absolute atomic E-state index is 17.4. The van der Waals surface area contributed by atoms with Crippen molar-refractivity contribution in [2.24, 2.45) is 0 Å². The first-order valence-corrected chi connectivity index (χ1v) is 36.6. The number of hydrogen-bond acceptors (Lipinski definition) is 4. The molecule has 0 radical (unpaired) electrons. The lowest BCUT2D eigenvalue weighted by molar-refractivity contribution is 0.349. The number of ether oxygens (including phenoxy) is 2. The molecule has 14 aromatic carbocycles. The predicted octanol–water partition coefficient (Wildman–Crippen LogP) is 26.7. The topological polar surface area (TPSA) is 24.9 Å². The molecule has 4 nitrogen and oxygen atoms in total. The number of nitrogens with zero attached hydrogens (tertiary/aromatic N) is 2. The Morgan fingerprint density at radius 2 is 0.596 bits per heavy atom. The van der Waals surface area contributed by atoms with Gasteiger partial charge in [-0.1, -0.05) is 174 Å². The summed E-state index contributed by atoms with van der Waals surface area (Å²) in [7, 11) is 0. The third-order valence-electron chi connectivity index (χ3n) is 23.2. The van der Waals surface area contributed by atoms with E-state index in [2.05, 4.69) is 123 Å². The van der Waals surface area contributed by atoms with Gasteiger partial charge in [-0.2, -0.15) is 0 Å². The van der Waals surface area contributed by atoms with Gasteiger partial charge in [0.05, 0.1) is 10.8 Å². The minimum atomic E-state index is -1.41. The van der Waals surface area contributed by atoms with Gasteiger partial charge in [0.15, 0.2) is 0 Å². The van der Waals surface area contributed by atoms with E-state index in [0.717, 1.165) is 92.0 Å². The van der Waals surface area contributed by atoms with E-state index >= 15 is 26.3 Å². The van der Waals surface area contributed by atoms with Gasteiger partial charge in [-0.15, -0.1) is 0 Å². The van der Waals surface area contributed by atoms with E-state index in [1.54, 1.807) is 36.4 Å². The molecule has 0 heterocycles. The van der Waals surface area contributed by atoms with Crippen LogP contribution in [-0.2, 0) is 27.1 Å². The number of hydrogen-bond donors (Lipinski definition) is 0. The molecule has 14 aromatic rings. The fourth-order valence-electron chi connectivity index (χ4n) is 18.7. The Kier molecular flexibility index (Phi) is 16.1. The van der Waals surface area contributed by atoms with Crippen LogP contribution in [0.3, 0.4) is 0 Å². The van der Waals surface area contributed by atoms with Crippen LogP contribution >= 0.6 is 0 Å². The van der Waals surface area contributed by atoms with E-state index in [1.165, 1.54) is 59.7 Å². The third-order valence-corrected chi connectivity index (χ3v) is 23.2. The first-order chi connectivity index (χ1) is 52.8. The lowest BCUT2D eigenvalue weighted by Gasteiger charge is -2.35. The van der Waals surface area contributed by atoms with Crippen molar-refractivity contribution in [2.75, 3.05) is 9.80 Å². The van der Waals surface area contributed by atoms with Crippen molar-refractivity contribution in [1.29, 1.82) is 0 Å². The molecular weight excluding hydrogens is 1360 g/mol. The van der Waals surface area contributed by atoms with Crippen molar-refractivity contribution in [2.45, 2.75) is 67.6 Å². The minimum Gasteiger partial charge on any atom is -0.457 e. The average Bonchev–Trinajstić information content (AvgIpc) is 1.52. The first-order valence-electron chi connectivity index (χ1n) is 36.6. The van der Waals surface area contributed by atoms with Gasteiger partial charge < -0.3 is 19.3 Å². The second kappa shape index (κ2) is 25.8. The SMILES string of the molecule is C=Cc1ccc(Oc2ccc(C3(c4cc(F)ccc4F)c4ccccc4-c4ccc(N(c5ccc(F)cc5)c5ccc6c(c5)C5(CC6(C)C)CC(C)(C)c6ccc(N(c7ccc(F)cc7)c7ccc8c(c7)C(c7ccc(Oc9ccc(C=C)cc9)cc7)(c7cc(F)ccc7F)c7ccccc7-8)cc65)cc43)cc2)cc1. The van der Waals surface area contributed by atoms with Crippen LogP contribution in [0.4, 0.5) is 60.5 Å². The van der Waals surface area contributed by atoms with Crippen LogP contribution in [0.2, 0.25) is 0 Å². The van der Waals surface area contributed by atoms with E-state index in [1.807, 2.05) is 146 Å². The smallest absolute Gasteiger partial charge is 0.128 e. The molecule has 4 aliphatic rings. The second-order valence-corrected chi connectivity index (χ2v) is 30.4. The molecule has 0 fully saturated rings. The fourth-order valence-corrected chi connectivity index (χ4v) is 18.7. The summed E-state index contributed by atoms with van der Waals surface area (Å²) < 4.78 is 111. The largest absolute Gasteiger partial charge is 0.457 e. The number of halogens is 6. The maximum Gasteiger partial charge on any atom is 0.128 e. The number of rotatable bonds is 16. The molecule has 1 spiro atoms. The van der Waals surface area contributed by atoms with Crippen molar-refractivity contribution < 1.29 is 35.8 Å². The van der Waals surface area contributed by atoms with Crippen LogP contribution in [-0.4, -0.2) is 0 Å². The van der Waals surface area contributed by atoms with Gasteiger partial charge in [0.1, 0.15) is 57.9 Å². The van der Waals surface area contributed by atoms with E-state index in [4.69, 9.17) is 9.47 Å². The molecule has 109 heavy (non-hydrogen) atoms. The Labute approximate surface area is 630 Å². The maximum atomic E-state index is 17.4. The molecule has 532 valence electrons. The van der Waals surface area contributed by atoms with Gasteiger partial charge in [0.2, 0.25) is 0 Å². The molecule has 0 saturated carbocycles. The molecule has 2 atom stereocenters. The Bertz CT molecular complexity index is 5620. The molecule has 4 aliphatic carbocycles. The van der Waals surface area contributed by atoms with Crippen molar-refractivity contribution in [3.63, 3.8) is 0 Å². The Morgan fingerprint density at radius 1 is 0.284 bits per heavy atom. The summed E-state index contributed by atoms with van der Waals surface area (Å²) in [6.45, 7) is 17.0. The molecule has 0 saturated heterocycles. The van der Waals surface area contributed by atoms with Crippen molar-refractivity contribution in [3.05, 3.63) is 429 Å². The van der Waals surface area contributed by atoms with Gasteiger partial charge in [0, 0.05) is 50.7 Å². The van der Waals surface area contributed by atoms with Crippen LogP contribution in [0.1, 0.15) is 118 Å². The summed E-state index contributed by atoms with van der Waals surface area (Å²) in [5.74, 6) is -0.839. The molecule has 18 rings (SSSR count). The van der Waals surface area contributed by atoms with Gasteiger partial charge in [0.25, 0.3) is 0 Å². The molecule has 0 amide bonds. The average molecular weight is 1440 g/mol. The van der Waals surface area contributed by atoms with Crippen LogP contribution in [0.5, 0.6) is 23.0 Å². The Hall–Kier alpha value is -12.7. The molecule has 2 unspecified atom stereocenters. The first kappa shape index (κ1) is 68.2. The summed E-state index contributed by atoms with van der Waals surface area (Å²) in [5, 5.41) is 0. The van der Waals surface area contributed by atoms with Gasteiger partial charge in [-0.05, 0) is 295 Å². The monoisotopic (exact) mass is 1430 g/mol. The van der Waals surface area contributed by atoms with E-state index in [9.17, 15) is 0 Å². The number of benzene rings is 14. The summed E-state index contributed by atoms with van der Waals surface area (Å²) in [5.41, 5.74) is 14.6. The van der Waals surface area contributed by atoms with Crippen LogP contribution in [0.15, 0.2) is 316 Å². The normalized spacial score (nSPS) is 17.7. The number of anilines is 6. The van der Waals surface area contributed by atoms with Crippen LogP contribution in [0, 0.1) is 34.9 Å². The van der Waals surface area contributed by atoms with Gasteiger partial charge in [-0.3, -0.25) is 0 Å². The van der Waals surface area contributed by atoms with E-state index in [-0.39, 0.29) is 22.0 Å². The lowest BCUT2D eigenvalue weighted by atomic mass is 9.67. The summed E-state index contributed by atoms with van der Waals surface area (Å²) in [6.07, 6.45) is 5.00. The standard InChI is InChI=1S/C99H72F6N2O2/c1-7-61-17-39-75(40-18-61)108-77-43-21-63(22-44-77)98(91-53-67(102)29-51-93(91)104)83-15-11-9-13-79(83)81-47-35-71(55-87(81)98)106(69-31-25-65(100)26-32-69)73-37-49-85-89(57-73)97(59-95(85,3)4)60-96(5,6)86-50-38-74(58-90(86)97)107(70-33-27-66(101)28-34-70)72-36-48-82-80-14-10-12-16-84(80)99(88(82)56-72,92-54-68(103)30-52-94(92)105)64-23-45-78(46-24-64)109-76-41-19-62(8-2)20-42-76/h7-58H,1-2,59-60H2,3-6H3. The zero-order valence-electron chi connectivity index (χ0n) is 60.3. The quantitative estimate of drug-likeness (QED) is 0.0900. The second-order valence-electron chi connectivity index (χ2n) is 30.4. The van der Waals surface area contributed by atoms with Crippen LogP contribution in [0.25, 0.3) is 34.4 Å². The van der Waals surface area contributed by atoms with E-state index < -0.39 is 51.1 Å². The molecule has 10 heteroatoms. The fraction of sp³-hybridized carbons (Fsp3) is 0.111. The highest BCUT2D eigenvalue weighted by molar-refractivity contribution is 5.92. The summed E-state index contributed by atoms with van der Waals surface area (Å²) in [4.78, 5) is 4.26.